The van der Waals surface area contributed by atoms with Gasteiger partial charge in [-0.15, -0.1) is 0 Å². The monoisotopic (exact) mass is 290 g/mol. The summed E-state index contributed by atoms with van der Waals surface area (Å²) in [7, 11) is 0. The van der Waals surface area contributed by atoms with E-state index in [0.29, 0.717) is 5.75 Å². The summed E-state index contributed by atoms with van der Waals surface area (Å²) < 4.78 is 19.0. The van der Waals surface area contributed by atoms with Crippen molar-refractivity contribution in [3.63, 3.8) is 0 Å². The van der Waals surface area contributed by atoms with Crippen LogP contribution in [0.2, 0.25) is 0 Å². The summed E-state index contributed by atoms with van der Waals surface area (Å²) in [6.45, 7) is 6.49. The van der Waals surface area contributed by atoms with Gasteiger partial charge >= 0.3 is 0 Å². The Bertz CT molecular complexity index is 614. The van der Waals surface area contributed by atoms with Crippen molar-refractivity contribution in [3.05, 3.63) is 41.8 Å². The number of nitrogen functional groups attached to an aromatic ring is 1. The maximum absolute atomic E-state index is 13.6. The zero-order valence-electron chi connectivity index (χ0n) is 12.4. The molecule has 0 unspecified atom stereocenters. The molecular formula is C15H19FN4O. The van der Waals surface area contributed by atoms with Crippen molar-refractivity contribution in [2.45, 2.75) is 32.6 Å². The summed E-state index contributed by atoms with van der Waals surface area (Å²) in [5.41, 5.74) is 3.54. The van der Waals surface area contributed by atoms with Crippen LogP contribution in [0.5, 0.6) is 11.6 Å². The number of hydrogen-bond donors (Lipinski definition) is 2. The maximum Gasteiger partial charge on any atom is 0.260 e. The van der Waals surface area contributed by atoms with Crippen molar-refractivity contribution in [1.82, 2.24) is 9.97 Å². The highest BCUT2D eigenvalue weighted by molar-refractivity contribution is 5.35. The van der Waals surface area contributed by atoms with Crippen molar-refractivity contribution in [2.24, 2.45) is 5.84 Å². The van der Waals surface area contributed by atoms with Gasteiger partial charge in [0.2, 0.25) is 11.8 Å². The highest BCUT2D eigenvalue weighted by Crippen LogP contribution is 2.29. The van der Waals surface area contributed by atoms with E-state index in [1.807, 2.05) is 12.1 Å². The molecule has 2 aromatic rings. The molecule has 6 heteroatoms. The molecule has 0 saturated heterocycles. The van der Waals surface area contributed by atoms with E-state index >= 15 is 0 Å². The number of rotatable bonds is 5. The second-order valence-corrected chi connectivity index (χ2v) is 5.35. The van der Waals surface area contributed by atoms with Crippen molar-refractivity contribution in [1.29, 1.82) is 0 Å². The van der Waals surface area contributed by atoms with Crippen LogP contribution in [0.25, 0.3) is 0 Å². The molecule has 0 bridgehead atoms. The normalized spacial score (nSPS) is 11.3. The van der Waals surface area contributed by atoms with Crippen molar-refractivity contribution in [2.75, 3.05) is 5.43 Å². The van der Waals surface area contributed by atoms with Gasteiger partial charge in [0, 0.05) is 0 Å². The van der Waals surface area contributed by atoms with Crippen LogP contribution in [0.4, 0.5) is 10.3 Å². The Labute approximate surface area is 123 Å². The fourth-order valence-electron chi connectivity index (χ4n) is 1.78. The summed E-state index contributed by atoms with van der Waals surface area (Å²) in [6.07, 6.45) is 2.03. The number of hydrogen-bond acceptors (Lipinski definition) is 5. The predicted octanol–water partition coefficient (Wildman–Crippen LogP) is 3.38. The Balaban J connectivity index is 2.21. The Morgan fingerprint density at radius 1 is 1.29 bits per heavy atom. The second-order valence-electron chi connectivity index (χ2n) is 5.35. The van der Waals surface area contributed by atoms with Gasteiger partial charge in [-0.2, -0.15) is 9.37 Å². The molecule has 1 aromatic heterocycles. The standard InChI is InChI=1S/C15H19FN4O/c1-4-15(2,3)10-5-7-11(8-6-10)21-13-12(16)9-18-14(19-13)20-17/h5-9H,4,17H2,1-3H3,(H,18,19,20). The number of nitrogens with two attached hydrogens (primary N) is 1. The lowest BCUT2D eigenvalue weighted by Crippen LogP contribution is -2.15. The van der Waals surface area contributed by atoms with Crippen LogP contribution in [0.1, 0.15) is 32.8 Å². The molecule has 1 heterocycles. The quantitative estimate of drug-likeness (QED) is 0.652. The van der Waals surface area contributed by atoms with Gasteiger partial charge in [-0.05, 0) is 29.5 Å². The second kappa shape index (κ2) is 6.05. The molecule has 5 nitrogen and oxygen atoms in total. The number of halogens is 1. The first-order chi connectivity index (χ1) is 9.96. The van der Waals surface area contributed by atoms with E-state index < -0.39 is 5.82 Å². The highest BCUT2D eigenvalue weighted by atomic mass is 19.1. The Morgan fingerprint density at radius 3 is 2.52 bits per heavy atom. The van der Waals surface area contributed by atoms with Crippen molar-refractivity contribution >= 4 is 5.95 Å². The van der Waals surface area contributed by atoms with E-state index in [9.17, 15) is 4.39 Å². The van der Waals surface area contributed by atoms with Gasteiger partial charge in [0.15, 0.2) is 0 Å². The zero-order chi connectivity index (χ0) is 15.5. The van der Waals surface area contributed by atoms with Gasteiger partial charge in [-0.3, -0.25) is 5.43 Å². The first-order valence-electron chi connectivity index (χ1n) is 6.74. The fourth-order valence-corrected chi connectivity index (χ4v) is 1.78. The minimum atomic E-state index is -0.646. The van der Waals surface area contributed by atoms with Crippen LogP contribution in [-0.4, -0.2) is 9.97 Å². The Hall–Kier alpha value is -2.21. The van der Waals surface area contributed by atoms with Crippen LogP contribution in [0.15, 0.2) is 30.5 Å². The number of anilines is 1. The van der Waals surface area contributed by atoms with Crippen molar-refractivity contribution in [3.8, 4) is 11.6 Å². The molecule has 0 aliphatic carbocycles. The third-order valence-electron chi connectivity index (χ3n) is 3.58. The van der Waals surface area contributed by atoms with E-state index in [4.69, 9.17) is 10.6 Å². The first-order valence-corrected chi connectivity index (χ1v) is 6.74. The molecule has 0 spiro atoms. The SMILES string of the molecule is CCC(C)(C)c1ccc(Oc2nc(NN)ncc2F)cc1. The Kier molecular flexibility index (Phi) is 4.37. The molecule has 0 radical (unpaired) electrons. The number of nitrogens with one attached hydrogen (secondary N) is 1. The molecule has 0 saturated carbocycles. The third-order valence-corrected chi connectivity index (χ3v) is 3.58. The van der Waals surface area contributed by atoms with Crippen molar-refractivity contribution < 1.29 is 9.13 Å². The average Bonchev–Trinajstić information content (AvgIpc) is 2.50. The van der Waals surface area contributed by atoms with Gasteiger partial charge < -0.3 is 4.74 Å². The molecule has 21 heavy (non-hydrogen) atoms. The molecule has 2 rings (SSSR count). The smallest absolute Gasteiger partial charge is 0.260 e. The summed E-state index contributed by atoms with van der Waals surface area (Å²) in [5, 5.41) is 0. The minimum Gasteiger partial charge on any atom is -0.436 e. The third kappa shape index (κ3) is 3.46. The van der Waals surface area contributed by atoms with E-state index in [1.54, 1.807) is 12.1 Å². The summed E-state index contributed by atoms with van der Waals surface area (Å²) >= 11 is 0. The number of ether oxygens (including phenoxy) is 1. The Morgan fingerprint density at radius 2 is 1.95 bits per heavy atom. The first kappa shape index (κ1) is 15.2. The van der Waals surface area contributed by atoms with Crippen LogP contribution in [0, 0.1) is 5.82 Å². The van der Waals surface area contributed by atoms with Gasteiger partial charge in [0.25, 0.3) is 5.88 Å². The van der Waals surface area contributed by atoms with Crippen LogP contribution in [0.3, 0.4) is 0 Å². The van der Waals surface area contributed by atoms with E-state index in [-0.39, 0.29) is 17.2 Å². The molecule has 0 aliphatic heterocycles. The largest absolute Gasteiger partial charge is 0.436 e. The number of benzene rings is 1. The summed E-state index contributed by atoms with van der Waals surface area (Å²) in [4.78, 5) is 7.48. The summed E-state index contributed by atoms with van der Waals surface area (Å²) in [5.74, 6) is 4.98. The van der Waals surface area contributed by atoms with Crippen LogP contribution in [-0.2, 0) is 5.41 Å². The highest BCUT2D eigenvalue weighted by Gasteiger charge is 2.18. The van der Waals surface area contributed by atoms with Gasteiger partial charge in [-0.25, -0.2) is 10.8 Å². The lowest BCUT2D eigenvalue weighted by atomic mass is 9.82. The van der Waals surface area contributed by atoms with Gasteiger partial charge in [0.05, 0.1) is 6.20 Å². The van der Waals surface area contributed by atoms with E-state index in [1.165, 1.54) is 5.56 Å². The van der Waals surface area contributed by atoms with Gasteiger partial charge in [-0.1, -0.05) is 32.9 Å². The zero-order valence-corrected chi connectivity index (χ0v) is 12.4. The molecule has 3 N–H and O–H groups in total. The molecule has 0 fully saturated rings. The fraction of sp³-hybridized carbons (Fsp3) is 0.333. The van der Waals surface area contributed by atoms with Gasteiger partial charge in [0.1, 0.15) is 5.75 Å². The summed E-state index contributed by atoms with van der Waals surface area (Å²) in [6, 6.07) is 7.54. The molecule has 0 aliphatic rings. The van der Waals surface area contributed by atoms with E-state index in [0.717, 1.165) is 12.6 Å². The predicted molar refractivity (Wildman–Crippen MR) is 79.6 cm³/mol. The number of nitrogens with zero attached hydrogens (tertiary/aromatic N) is 2. The number of hydrazine groups is 1. The molecule has 0 amide bonds. The molecule has 0 atom stereocenters. The minimum absolute atomic E-state index is 0.0926. The maximum atomic E-state index is 13.6. The molecule has 1 aromatic carbocycles. The average molecular weight is 290 g/mol. The molecule has 112 valence electrons. The molecular weight excluding hydrogens is 271 g/mol. The topological polar surface area (TPSA) is 73.1 Å². The van der Waals surface area contributed by atoms with Crippen LogP contribution >= 0.6 is 0 Å². The lowest BCUT2D eigenvalue weighted by Gasteiger charge is -2.23. The van der Waals surface area contributed by atoms with E-state index in [2.05, 4.69) is 36.2 Å². The number of aromatic nitrogens is 2. The van der Waals surface area contributed by atoms with Crippen LogP contribution < -0.4 is 16.0 Å². The lowest BCUT2D eigenvalue weighted by molar-refractivity contribution is 0.420.